The molecule has 2 amide bonds. The second-order valence-electron chi connectivity index (χ2n) is 7.95. The Hall–Kier alpha value is -2.94. The second kappa shape index (κ2) is 8.83. The number of carbonyl (C=O) groups excluding carboxylic acids is 2. The summed E-state index contributed by atoms with van der Waals surface area (Å²) in [6.07, 6.45) is 0.937. The third-order valence-electron chi connectivity index (χ3n) is 4.07. The smallest absolute Gasteiger partial charge is 0.253 e. The zero-order valence-electron chi connectivity index (χ0n) is 17.6. The number of anilines is 2. The number of benzene rings is 2. The van der Waals surface area contributed by atoms with Gasteiger partial charge in [0.15, 0.2) is 0 Å². The molecule has 9 heteroatoms. The number of rotatable bonds is 6. The number of nitrogens with one attached hydrogen (secondary N) is 2. The van der Waals surface area contributed by atoms with Crippen LogP contribution < -0.4 is 14.9 Å². The Bertz CT molecular complexity index is 1050. The van der Waals surface area contributed by atoms with Crippen LogP contribution in [-0.4, -0.2) is 38.1 Å². The number of sulfonamides is 1. The van der Waals surface area contributed by atoms with E-state index in [-0.39, 0.29) is 22.8 Å². The van der Waals surface area contributed by atoms with Gasteiger partial charge in [0.05, 0.1) is 23.2 Å². The van der Waals surface area contributed by atoms with Gasteiger partial charge in [0.2, 0.25) is 15.9 Å². The molecule has 0 aliphatic heterocycles. The second-order valence-corrected chi connectivity index (χ2v) is 9.81. The molecule has 162 valence electrons. The Morgan fingerprint density at radius 3 is 2.27 bits per heavy atom. The average molecular weight is 436 g/mol. The Labute approximate surface area is 176 Å². The molecule has 0 bridgehead atoms. The number of hydrogen-bond acceptors (Lipinski definition) is 4. The molecule has 2 aromatic rings. The van der Waals surface area contributed by atoms with Gasteiger partial charge in [-0.25, -0.2) is 12.8 Å². The van der Waals surface area contributed by atoms with E-state index in [0.29, 0.717) is 0 Å². The highest BCUT2D eigenvalue weighted by Gasteiger charge is 2.30. The van der Waals surface area contributed by atoms with Crippen LogP contribution in [0.2, 0.25) is 0 Å². The maximum absolute atomic E-state index is 13.6. The van der Waals surface area contributed by atoms with Gasteiger partial charge >= 0.3 is 0 Å². The van der Waals surface area contributed by atoms with Gasteiger partial charge in [-0.15, -0.1) is 0 Å². The molecular weight excluding hydrogens is 409 g/mol. The van der Waals surface area contributed by atoms with Crippen molar-refractivity contribution < 1.29 is 22.4 Å². The molecule has 0 saturated heterocycles. The molecule has 30 heavy (non-hydrogen) atoms. The fourth-order valence-corrected chi connectivity index (χ4v) is 4.02. The SMILES string of the molecule is CC(C(=O)Nc1ccccc1C(=O)NC(C)(C)C)N(c1cccc(F)c1)S(C)(=O)=O. The van der Waals surface area contributed by atoms with E-state index >= 15 is 0 Å². The number of nitrogens with zero attached hydrogens (tertiary/aromatic N) is 1. The van der Waals surface area contributed by atoms with E-state index in [2.05, 4.69) is 10.6 Å². The summed E-state index contributed by atoms with van der Waals surface area (Å²) >= 11 is 0. The first-order valence-corrected chi connectivity index (χ1v) is 11.1. The highest BCUT2D eigenvalue weighted by molar-refractivity contribution is 7.92. The molecule has 0 radical (unpaired) electrons. The lowest BCUT2D eigenvalue weighted by molar-refractivity contribution is -0.116. The van der Waals surface area contributed by atoms with Crippen molar-refractivity contribution in [2.24, 2.45) is 0 Å². The van der Waals surface area contributed by atoms with E-state index in [1.165, 1.54) is 25.1 Å². The zero-order valence-corrected chi connectivity index (χ0v) is 18.4. The topological polar surface area (TPSA) is 95.6 Å². The summed E-state index contributed by atoms with van der Waals surface area (Å²) in [6, 6.07) is 10.2. The van der Waals surface area contributed by atoms with Crippen molar-refractivity contribution in [3.63, 3.8) is 0 Å². The largest absolute Gasteiger partial charge is 0.347 e. The Morgan fingerprint density at radius 2 is 1.70 bits per heavy atom. The van der Waals surface area contributed by atoms with Gasteiger partial charge in [-0.1, -0.05) is 18.2 Å². The van der Waals surface area contributed by atoms with Crippen LogP contribution in [0.4, 0.5) is 15.8 Å². The van der Waals surface area contributed by atoms with Crippen LogP contribution in [0.5, 0.6) is 0 Å². The lowest BCUT2D eigenvalue weighted by atomic mass is 10.1. The van der Waals surface area contributed by atoms with Crippen molar-refractivity contribution >= 4 is 33.2 Å². The summed E-state index contributed by atoms with van der Waals surface area (Å²) in [5.41, 5.74) is 0.0266. The standard InChI is InChI=1S/C21H26FN3O4S/c1-14(25(30(5,28)29)16-10-8-9-15(22)13-16)19(26)23-18-12-7-6-11-17(18)20(27)24-21(2,3)4/h6-14H,1-5H3,(H,23,26)(H,24,27). The molecule has 2 rings (SSSR count). The zero-order chi connectivity index (χ0) is 22.7. The molecule has 7 nitrogen and oxygen atoms in total. The van der Waals surface area contributed by atoms with Crippen molar-refractivity contribution in [3.8, 4) is 0 Å². The normalized spacial score (nSPS) is 12.7. The quantitative estimate of drug-likeness (QED) is 0.729. The number of amides is 2. The summed E-state index contributed by atoms with van der Waals surface area (Å²) in [5.74, 6) is -1.67. The van der Waals surface area contributed by atoms with Crippen molar-refractivity contribution in [2.75, 3.05) is 15.9 Å². The van der Waals surface area contributed by atoms with Crippen LogP contribution in [-0.2, 0) is 14.8 Å². The van der Waals surface area contributed by atoms with Crippen LogP contribution in [0.1, 0.15) is 38.1 Å². The minimum absolute atomic E-state index is 0.0268. The summed E-state index contributed by atoms with van der Waals surface area (Å²) in [4.78, 5) is 25.5. The molecule has 2 N–H and O–H groups in total. The Kier molecular flexibility index (Phi) is 6.87. The van der Waals surface area contributed by atoms with Gasteiger partial charge in [0.1, 0.15) is 11.9 Å². The molecule has 1 unspecified atom stereocenters. The third-order valence-corrected chi connectivity index (χ3v) is 5.31. The first-order valence-electron chi connectivity index (χ1n) is 9.27. The lowest BCUT2D eigenvalue weighted by Crippen LogP contribution is -2.46. The van der Waals surface area contributed by atoms with Crippen LogP contribution in [0, 0.1) is 5.82 Å². The van der Waals surface area contributed by atoms with Gasteiger partial charge < -0.3 is 10.6 Å². The molecule has 0 saturated carbocycles. The predicted molar refractivity (Wildman–Crippen MR) is 115 cm³/mol. The molecule has 0 aliphatic carbocycles. The highest BCUT2D eigenvalue weighted by atomic mass is 32.2. The van der Waals surface area contributed by atoms with Gasteiger partial charge in [0, 0.05) is 5.54 Å². The lowest BCUT2D eigenvalue weighted by Gasteiger charge is -2.28. The van der Waals surface area contributed by atoms with Gasteiger partial charge in [-0.2, -0.15) is 0 Å². The molecule has 0 aliphatic rings. The van der Waals surface area contributed by atoms with Crippen LogP contribution in [0.3, 0.4) is 0 Å². The van der Waals surface area contributed by atoms with E-state index < -0.39 is 33.3 Å². The van der Waals surface area contributed by atoms with Gasteiger partial charge in [0.25, 0.3) is 5.91 Å². The maximum Gasteiger partial charge on any atom is 0.253 e. The molecular formula is C21H26FN3O4S. The van der Waals surface area contributed by atoms with Crippen LogP contribution in [0.15, 0.2) is 48.5 Å². The molecule has 0 fully saturated rings. The monoisotopic (exact) mass is 435 g/mol. The van der Waals surface area contributed by atoms with E-state index in [0.717, 1.165) is 16.6 Å². The van der Waals surface area contributed by atoms with Crippen molar-refractivity contribution in [3.05, 3.63) is 59.9 Å². The van der Waals surface area contributed by atoms with Crippen molar-refractivity contribution in [1.82, 2.24) is 5.32 Å². The van der Waals surface area contributed by atoms with Gasteiger partial charge in [-0.05, 0) is 58.0 Å². The van der Waals surface area contributed by atoms with Crippen molar-refractivity contribution in [2.45, 2.75) is 39.3 Å². The maximum atomic E-state index is 13.6. The minimum atomic E-state index is -3.90. The number of para-hydroxylation sites is 1. The van der Waals surface area contributed by atoms with Crippen LogP contribution in [0.25, 0.3) is 0 Å². The fourth-order valence-electron chi connectivity index (χ4n) is 2.86. The van der Waals surface area contributed by atoms with E-state index in [4.69, 9.17) is 0 Å². The Morgan fingerprint density at radius 1 is 1.07 bits per heavy atom. The molecule has 0 aromatic heterocycles. The summed E-state index contributed by atoms with van der Waals surface area (Å²) in [5, 5.41) is 5.43. The predicted octanol–water partition coefficient (Wildman–Crippen LogP) is 3.15. The van der Waals surface area contributed by atoms with Gasteiger partial charge in [-0.3, -0.25) is 13.9 Å². The first kappa shape index (κ1) is 23.3. The summed E-state index contributed by atoms with van der Waals surface area (Å²) in [6.45, 7) is 6.88. The number of hydrogen-bond donors (Lipinski definition) is 2. The highest BCUT2D eigenvalue weighted by Crippen LogP contribution is 2.23. The Balaban J connectivity index is 2.34. The molecule has 1 atom stereocenters. The number of carbonyl (C=O) groups is 2. The molecule has 0 heterocycles. The van der Waals surface area contributed by atoms with E-state index in [1.807, 2.05) is 20.8 Å². The molecule has 0 spiro atoms. The van der Waals surface area contributed by atoms with Crippen LogP contribution >= 0.6 is 0 Å². The fraction of sp³-hybridized carbons (Fsp3) is 0.333. The third kappa shape index (κ3) is 6.03. The minimum Gasteiger partial charge on any atom is -0.347 e. The summed E-state index contributed by atoms with van der Waals surface area (Å²) in [7, 11) is -3.90. The molecule has 2 aromatic carbocycles. The van der Waals surface area contributed by atoms with E-state index in [1.54, 1.807) is 24.3 Å². The average Bonchev–Trinajstić information content (AvgIpc) is 2.59. The van der Waals surface area contributed by atoms with Crippen molar-refractivity contribution in [1.29, 1.82) is 0 Å². The number of halogens is 1. The first-order chi connectivity index (χ1) is 13.8. The van der Waals surface area contributed by atoms with E-state index in [9.17, 15) is 22.4 Å². The summed E-state index contributed by atoms with van der Waals surface area (Å²) < 4.78 is 39.1.